The fraction of sp³-hybridized carbons (Fsp3) is 0.647. The van der Waals surface area contributed by atoms with E-state index in [1.165, 1.54) is 76.3 Å². The van der Waals surface area contributed by atoms with Crippen molar-refractivity contribution in [3.63, 3.8) is 0 Å². The Balaban J connectivity index is 0.0000176. The van der Waals surface area contributed by atoms with Gasteiger partial charge in [-0.05, 0) is 76.3 Å². The van der Waals surface area contributed by atoms with E-state index in [0.29, 0.717) is 12.8 Å². The first kappa shape index (κ1) is 42.2. The quantitative estimate of drug-likeness (QED) is 0.0417. The van der Waals surface area contributed by atoms with Crippen LogP contribution in [0.3, 0.4) is 0 Å². The zero-order valence-corrected chi connectivity index (χ0v) is 30.9. The van der Waals surface area contributed by atoms with Crippen molar-refractivity contribution >= 4 is 22.1 Å². The Hall–Kier alpha value is -0.814. The minimum absolute atomic E-state index is 0. The number of hydrogen-bond acceptors (Lipinski definition) is 7. The molecule has 0 heterocycles. The molecule has 9 heteroatoms. The van der Waals surface area contributed by atoms with Crippen LogP contribution in [-0.2, 0) is 19.6 Å². The number of allylic oxidation sites excluding steroid dienone is 4. The molecule has 0 saturated heterocycles. The van der Waals surface area contributed by atoms with Gasteiger partial charge >= 0.3 is 63.3 Å². The van der Waals surface area contributed by atoms with E-state index < -0.39 is 32.5 Å². The molecular formula is C34H53KO7S. The molecule has 0 aliphatic rings. The summed E-state index contributed by atoms with van der Waals surface area (Å²) < 4.78 is 46.1. The van der Waals surface area contributed by atoms with Crippen molar-refractivity contribution in [1.29, 1.82) is 0 Å². The number of hydrogen-bond donors (Lipinski definition) is 0. The fourth-order valence-corrected chi connectivity index (χ4v) is 5.22. The second kappa shape index (κ2) is 27.5. The molecular weight excluding hydrogens is 592 g/mol. The van der Waals surface area contributed by atoms with Crippen molar-refractivity contribution in [2.24, 2.45) is 0 Å². The summed E-state index contributed by atoms with van der Waals surface area (Å²) in [6, 6.07) is 3.55. The summed E-state index contributed by atoms with van der Waals surface area (Å²) >= 11 is 0. The van der Waals surface area contributed by atoms with Crippen LogP contribution in [0, 0.1) is 0 Å². The Bertz CT molecular complexity index is 1050. The van der Waals surface area contributed by atoms with Gasteiger partial charge in [-0.2, -0.15) is 0 Å². The van der Waals surface area contributed by atoms with Crippen LogP contribution in [0.1, 0.15) is 150 Å². The second-order valence-corrected chi connectivity index (χ2v) is 12.1. The molecule has 1 aromatic rings. The third-order valence-corrected chi connectivity index (χ3v) is 7.88. The number of rotatable bonds is 25. The van der Waals surface area contributed by atoms with E-state index in [2.05, 4.69) is 38.2 Å². The molecule has 0 fully saturated rings. The van der Waals surface area contributed by atoms with Crippen LogP contribution in [0.4, 0.5) is 0 Å². The summed E-state index contributed by atoms with van der Waals surface area (Å²) in [5.74, 6) is -1.87. The van der Waals surface area contributed by atoms with Gasteiger partial charge in [-0.25, -0.2) is 18.0 Å². The standard InChI is InChI=1S/C34H54O7S.K/c1-3-5-7-9-11-13-15-17-19-21-23-28-40-33(35)30-26-25-27-31(42(37,38)39)32(30)34(36)41-29-24-22-20-18-16-14-12-10-8-6-4-2;/h15-18,25-27H,3-14,19-24,28-29H2,1-2H3,(H,37,38,39);/q;+1/p-1/b17-15+,18-16+;. The number of benzene rings is 1. The Morgan fingerprint density at radius 1 is 0.651 bits per heavy atom. The van der Waals surface area contributed by atoms with E-state index in [1.807, 2.05) is 0 Å². The fourth-order valence-electron chi connectivity index (χ4n) is 4.53. The van der Waals surface area contributed by atoms with E-state index in [9.17, 15) is 22.6 Å². The smallest absolute Gasteiger partial charge is 0.744 e. The normalized spacial score (nSPS) is 11.6. The zero-order chi connectivity index (χ0) is 30.9. The molecule has 0 aromatic heterocycles. The van der Waals surface area contributed by atoms with Gasteiger partial charge in [-0.1, -0.05) is 95.6 Å². The first-order valence-corrected chi connectivity index (χ1v) is 17.5. The Morgan fingerprint density at radius 2 is 1.07 bits per heavy atom. The number of ether oxygens (including phenoxy) is 2. The van der Waals surface area contributed by atoms with Crippen molar-refractivity contribution in [3.05, 3.63) is 53.6 Å². The molecule has 0 aliphatic carbocycles. The largest absolute Gasteiger partial charge is 1.00 e. The van der Waals surface area contributed by atoms with Crippen LogP contribution >= 0.6 is 0 Å². The van der Waals surface area contributed by atoms with E-state index in [-0.39, 0.29) is 70.2 Å². The van der Waals surface area contributed by atoms with E-state index in [4.69, 9.17) is 9.47 Å². The second-order valence-electron chi connectivity index (χ2n) is 10.7. The summed E-state index contributed by atoms with van der Waals surface area (Å²) in [6.45, 7) is 4.59. The van der Waals surface area contributed by atoms with Gasteiger partial charge in [-0.3, -0.25) is 0 Å². The van der Waals surface area contributed by atoms with E-state index in [1.54, 1.807) is 0 Å². The van der Waals surface area contributed by atoms with E-state index in [0.717, 1.165) is 44.6 Å². The van der Waals surface area contributed by atoms with Crippen molar-refractivity contribution in [1.82, 2.24) is 0 Å². The topological polar surface area (TPSA) is 110 Å². The van der Waals surface area contributed by atoms with E-state index >= 15 is 0 Å². The van der Waals surface area contributed by atoms with Gasteiger partial charge in [-0.15, -0.1) is 0 Å². The van der Waals surface area contributed by atoms with Crippen molar-refractivity contribution < 1.29 is 83.4 Å². The third-order valence-electron chi connectivity index (χ3n) is 7.00. The van der Waals surface area contributed by atoms with Gasteiger partial charge in [0.05, 0.1) is 29.2 Å². The summed E-state index contributed by atoms with van der Waals surface area (Å²) in [5.41, 5.74) is -0.830. The minimum atomic E-state index is -5.01. The van der Waals surface area contributed by atoms with Crippen molar-refractivity contribution in [2.75, 3.05) is 13.2 Å². The third kappa shape index (κ3) is 20.8. The molecule has 0 amide bonds. The molecule has 0 spiro atoms. The summed E-state index contributed by atoms with van der Waals surface area (Å²) in [7, 11) is -5.01. The van der Waals surface area contributed by atoms with Crippen LogP contribution in [0.2, 0.25) is 0 Å². The van der Waals surface area contributed by atoms with Gasteiger partial charge in [0.1, 0.15) is 10.1 Å². The average Bonchev–Trinajstić information content (AvgIpc) is 2.97. The molecule has 0 aliphatic heterocycles. The maximum absolute atomic E-state index is 12.8. The molecule has 0 saturated carbocycles. The summed E-state index contributed by atoms with van der Waals surface area (Å²) in [6.07, 6.45) is 27.9. The Morgan fingerprint density at radius 3 is 1.51 bits per heavy atom. The number of carbonyl (C=O) groups is 2. The van der Waals surface area contributed by atoms with Crippen LogP contribution in [-0.4, -0.2) is 38.1 Å². The monoisotopic (exact) mass is 644 g/mol. The SMILES string of the molecule is CCCCCCC/C=C/CCCCOC(=O)c1cccc(S(=O)(=O)[O-])c1C(=O)OCCCC/C=C/CCCCCCC.[K+]. The number of unbranched alkanes of at least 4 members (excludes halogenated alkanes) is 14. The Labute approximate surface area is 303 Å². The first-order chi connectivity index (χ1) is 20.3. The molecule has 0 unspecified atom stereocenters. The maximum atomic E-state index is 12.8. The predicted molar refractivity (Wildman–Crippen MR) is 168 cm³/mol. The minimum Gasteiger partial charge on any atom is -0.744 e. The molecule has 0 radical (unpaired) electrons. The van der Waals surface area contributed by atoms with Gasteiger partial charge in [0.25, 0.3) is 0 Å². The number of carbonyl (C=O) groups excluding carboxylic acids is 2. The molecule has 0 bridgehead atoms. The molecule has 1 rings (SSSR count). The van der Waals surface area contributed by atoms with Gasteiger partial charge in [0.15, 0.2) is 0 Å². The van der Waals surface area contributed by atoms with Crippen LogP contribution < -0.4 is 51.4 Å². The van der Waals surface area contributed by atoms with Crippen LogP contribution in [0.25, 0.3) is 0 Å². The molecule has 0 atom stereocenters. The first-order valence-electron chi connectivity index (χ1n) is 16.1. The van der Waals surface area contributed by atoms with Gasteiger partial charge in [0, 0.05) is 0 Å². The van der Waals surface area contributed by atoms with Crippen LogP contribution in [0.5, 0.6) is 0 Å². The predicted octanol–water partition coefficient (Wildman–Crippen LogP) is 6.08. The van der Waals surface area contributed by atoms with Gasteiger partial charge < -0.3 is 14.0 Å². The summed E-state index contributed by atoms with van der Waals surface area (Å²) in [5, 5.41) is 0. The summed E-state index contributed by atoms with van der Waals surface area (Å²) in [4.78, 5) is 24.8. The molecule has 43 heavy (non-hydrogen) atoms. The van der Waals surface area contributed by atoms with Crippen LogP contribution in [0.15, 0.2) is 47.4 Å². The maximum Gasteiger partial charge on any atom is 1.00 e. The van der Waals surface area contributed by atoms with Crippen molar-refractivity contribution in [3.8, 4) is 0 Å². The number of esters is 2. The average molecular weight is 645 g/mol. The zero-order valence-electron chi connectivity index (χ0n) is 26.9. The molecule has 7 nitrogen and oxygen atoms in total. The molecule has 238 valence electrons. The Kier molecular flexibility index (Phi) is 27.0. The molecule has 0 N–H and O–H groups in total. The molecule has 1 aromatic carbocycles. The van der Waals surface area contributed by atoms with Crippen molar-refractivity contribution in [2.45, 2.75) is 134 Å². The van der Waals surface area contributed by atoms with Gasteiger partial charge in [0.2, 0.25) is 0 Å².